The van der Waals surface area contributed by atoms with Crippen LogP contribution in [0.5, 0.6) is 0 Å². The molecular weight excluding hydrogens is 420 g/mol. The van der Waals surface area contributed by atoms with E-state index in [-0.39, 0.29) is 12.2 Å². The molecule has 3 heterocycles. The summed E-state index contributed by atoms with van der Waals surface area (Å²) in [5, 5.41) is 3.79. The van der Waals surface area contributed by atoms with Gasteiger partial charge in [-0.05, 0) is 38.1 Å². The third-order valence-corrected chi connectivity index (χ3v) is 5.74. The molecule has 1 aliphatic rings. The molecule has 30 heavy (non-hydrogen) atoms. The van der Waals surface area contributed by atoms with E-state index in [1.165, 1.54) is 24.3 Å². The van der Waals surface area contributed by atoms with E-state index in [0.29, 0.717) is 58.5 Å². The topological polar surface area (TPSA) is 50.3 Å². The third-order valence-electron chi connectivity index (χ3n) is 4.69. The summed E-state index contributed by atoms with van der Waals surface area (Å²) < 4.78 is 58.3. The minimum Gasteiger partial charge on any atom is -0.373 e. The Hall–Kier alpha value is -2.30. The Morgan fingerprint density at radius 3 is 2.53 bits per heavy atom. The predicted molar refractivity (Wildman–Crippen MR) is 107 cm³/mol. The minimum atomic E-state index is -4.41. The number of nitrogens with zero attached hydrogens (tertiary/aromatic N) is 3. The van der Waals surface area contributed by atoms with Crippen LogP contribution in [0.1, 0.15) is 24.5 Å². The molecule has 4 rings (SSSR count). The molecule has 0 saturated carbocycles. The van der Waals surface area contributed by atoms with Crippen LogP contribution in [0, 0.1) is 5.82 Å². The average molecular weight is 440 g/mol. The Morgan fingerprint density at radius 2 is 1.87 bits per heavy atom. The molecule has 5 nitrogen and oxygen atoms in total. The van der Waals surface area contributed by atoms with Crippen molar-refractivity contribution < 1.29 is 22.3 Å². The van der Waals surface area contributed by atoms with Gasteiger partial charge in [0.25, 0.3) is 0 Å². The van der Waals surface area contributed by atoms with E-state index >= 15 is 0 Å². The fourth-order valence-electron chi connectivity index (χ4n) is 3.60. The van der Waals surface area contributed by atoms with E-state index in [0.717, 1.165) is 6.07 Å². The van der Waals surface area contributed by atoms with Gasteiger partial charge in [-0.15, -0.1) is 11.3 Å². The Labute approximate surface area is 174 Å². The second-order valence-corrected chi connectivity index (χ2v) is 8.47. The molecule has 2 aromatic heterocycles. The summed E-state index contributed by atoms with van der Waals surface area (Å²) in [5.41, 5.74) is 0.393. The number of nitrogens with one attached hydrogen (secondary N) is 1. The lowest BCUT2D eigenvalue weighted by Crippen LogP contribution is -2.45. The van der Waals surface area contributed by atoms with Crippen LogP contribution < -0.4 is 5.32 Å². The molecule has 10 heteroatoms. The van der Waals surface area contributed by atoms with Gasteiger partial charge in [0.2, 0.25) is 0 Å². The number of alkyl halides is 3. The molecule has 0 spiro atoms. The second-order valence-electron chi connectivity index (χ2n) is 7.39. The number of anilines is 2. The van der Waals surface area contributed by atoms with E-state index in [1.54, 1.807) is 0 Å². The molecule has 1 aromatic carbocycles. The lowest BCUT2D eigenvalue weighted by atomic mass is 10.2. The molecule has 0 aliphatic carbocycles. The molecule has 3 aromatic rings. The highest BCUT2D eigenvalue weighted by Crippen LogP contribution is 2.38. The van der Waals surface area contributed by atoms with Crippen molar-refractivity contribution in [3.63, 3.8) is 0 Å². The number of benzene rings is 1. The first-order valence-electron chi connectivity index (χ1n) is 9.45. The summed E-state index contributed by atoms with van der Waals surface area (Å²) >= 11 is 0.591. The van der Waals surface area contributed by atoms with Gasteiger partial charge in [-0.1, -0.05) is 0 Å². The molecule has 2 atom stereocenters. The zero-order valence-electron chi connectivity index (χ0n) is 16.3. The smallest absolute Gasteiger partial charge is 0.373 e. The van der Waals surface area contributed by atoms with Crippen molar-refractivity contribution in [1.82, 2.24) is 14.9 Å². The lowest BCUT2D eigenvalue weighted by Gasteiger charge is -2.34. The van der Waals surface area contributed by atoms with Crippen LogP contribution in [-0.2, 0) is 17.5 Å². The number of rotatable bonds is 4. The van der Waals surface area contributed by atoms with Crippen molar-refractivity contribution in [1.29, 1.82) is 0 Å². The highest BCUT2D eigenvalue weighted by atomic mass is 32.1. The summed E-state index contributed by atoms with van der Waals surface area (Å²) in [6.07, 6.45) is -4.27. The maximum atomic E-state index is 13.8. The van der Waals surface area contributed by atoms with E-state index in [1.807, 2.05) is 13.8 Å². The zero-order valence-corrected chi connectivity index (χ0v) is 17.1. The predicted octanol–water partition coefficient (Wildman–Crippen LogP) is 5.20. The Kier molecular flexibility index (Phi) is 5.65. The van der Waals surface area contributed by atoms with Crippen molar-refractivity contribution in [2.45, 2.75) is 38.8 Å². The van der Waals surface area contributed by atoms with E-state index < -0.39 is 16.9 Å². The van der Waals surface area contributed by atoms with E-state index in [2.05, 4.69) is 20.2 Å². The van der Waals surface area contributed by atoms with Gasteiger partial charge in [-0.2, -0.15) is 13.2 Å². The van der Waals surface area contributed by atoms with Gasteiger partial charge in [0, 0.05) is 24.5 Å². The van der Waals surface area contributed by atoms with Crippen LogP contribution in [0.4, 0.5) is 28.4 Å². The molecule has 1 saturated heterocycles. The fourth-order valence-corrected chi connectivity index (χ4v) is 4.38. The molecule has 0 radical (unpaired) electrons. The summed E-state index contributed by atoms with van der Waals surface area (Å²) in [6.45, 7) is 5.81. The van der Waals surface area contributed by atoms with E-state index in [9.17, 15) is 17.6 Å². The van der Waals surface area contributed by atoms with Crippen molar-refractivity contribution in [2.75, 3.05) is 18.4 Å². The number of hydrogen-bond donors (Lipinski definition) is 1. The van der Waals surface area contributed by atoms with Crippen LogP contribution in [0.15, 0.2) is 30.3 Å². The number of hydrogen-bond acceptors (Lipinski definition) is 6. The highest BCUT2D eigenvalue weighted by Gasteiger charge is 2.32. The summed E-state index contributed by atoms with van der Waals surface area (Å²) in [4.78, 5) is 10.5. The Morgan fingerprint density at radius 1 is 1.13 bits per heavy atom. The van der Waals surface area contributed by atoms with Gasteiger partial charge in [-0.3, -0.25) is 4.90 Å². The Bertz CT molecular complexity index is 1040. The largest absolute Gasteiger partial charge is 0.425 e. The van der Waals surface area contributed by atoms with Crippen LogP contribution in [-0.4, -0.2) is 40.2 Å². The molecular formula is C20H20F4N4OS. The minimum absolute atomic E-state index is 0.0659. The maximum Gasteiger partial charge on any atom is 0.425 e. The van der Waals surface area contributed by atoms with Gasteiger partial charge in [-0.25, -0.2) is 14.4 Å². The Balaban J connectivity index is 1.66. The van der Waals surface area contributed by atoms with Crippen molar-refractivity contribution in [3.8, 4) is 0 Å². The number of thiophene rings is 1. The van der Waals surface area contributed by atoms with E-state index in [4.69, 9.17) is 4.74 Å². The van der Waals surface area contributed by atoms with Crippen LogP contribution in [0.25, 0.3) is 10.9 Å². The van der Waals surface area contributed by atoms with Crippen LogP contribution in [0.3, 0.4) is 0 Å². The van der Waals surface area contributed by atoms with Crippen LogP contribution >= 0.6 is 11.3 Å². The zero-order chi connectivity index (χ0) is 21.5. The van der Waals surface area contributed by atoms with Gasteiger partial charge in [0.1, 0.15) is 22.3 Å². The normalized spacial score (nSPS) is 20.6. The fraction of sp³-hybridized carbons (Fsp3) is 0.400. The first-order chi connectivity index (χ1) is 14.2. The van der Waals surface area contributed by atoms with Crippen molar-refractivity contribution in [2.24, 2.45) is 0 Å². The van der Waals surface area contributed by atoms with Crippen molar-refractivity contribution in [3.05, 3.63) is 46.9 Å². The number of ether oxygens (including phenoxy) is 1. The molecule has 1 fully saturated rings. The molecule has 0 bridgehead atoms. The number of morpholine rings is 1. The average Bonchev–Trinajstić information content (AvgIpc) is 3.09. The summed E-state index contributed by atoms with van der Waals surface area (Å²) in [5.74, 6) is 0.367. The highest BCUT2D eigenvalue weighted by molar-refractivity contribution is 7.16. The summed E-state index contributed by atoms with van der Waals surface area (Å²) in [7, 11) is 0. The van der Waals surface area contributed by atoms with Gasteiger partial charge < -0.3 is 10.1 Å². The van der Waals surface area contributed by atoms with Crippen molar-refractivity contribution >= 4 is 33.1 Å². The second kappa shape index (κ2) is 8.09. The van der Waals surface area contributed by atoms with Crippen LogP contribution in [0.2, 0.25) is 0 Å². The third kappa shape index (κ3) is 4.71. The first-order valence-corrected chi connectivity index (χ1v) is 10.3. The molecule has 1 aliphatic heterocycles. The van der Waals surface area contributed by atoms with Gasteiger partial charge >= 0.3 is 6.18 Å². The molecule has 0 unspecified atom stereocenters. The summed E-state index contributed by atoms with van der Waals surface area (Å²) in [6, 6.07) is 6.47. The maximum absolute atomic E-state index is 13.8. The molecule has 1 N–H and O–H groups in total. The van der Waals surface area contributed by atoms with Gasteiger partial charge in [0.15, 0.2) is 0 Å². The SMILES string of the molecule is C[C@@H]1CN(Cc2nc(Nc3ccc(C(F)(F)F)s3)c3ccc(F)cc3n2)C[C@H](C)O1. The molecule has 160 valence electrons. The lowest BCUT2D eigenvalue weighted by molar-refractivity contribution is -0.134. The number of halogens is 4. The molecule has 0 amide bonds. The quantitative estimate of drug-likeness (QED) is 0.565. The van der Waals surface area contributed by atoms with Gasteiger partial charge in [0.05, 0.1) is 29.3 Å². The first kappa shape index (κ1) is 21.0. The standard InChI is InChI=1S/C20H20F4N4OS/c1-11-8-28(9-12(2)29-11)10-17-25-15-7-13(21)3-4-14(15)19(26-17)27-18-6-5-16(30-18)20(22,23)24/h3-7,11-12H,8-10H2,1-2H3,(H,25,26,27)/t11-,12+. The number of fused-ring (bicyclic) bond motifs is 1. The number of aromatic nitrogens is 2. The monoisotopic (exact) mass is 440 g/mol.